The molecule has 3 atom stereocenters. The number of carbonyl (C=O) groups excluding carboxylic acids is 1. The number of nitrogens with two attached hydrogens (primary N) is 2. The van der Waals surface area contributed by atoms with Gasteiger partial charge in [-0.25, -0.2) is 0 Å². The van der Waals surface area contributed by atoms with Crippen LogP contribution in [0.3, 0.4) is 0 Å². The van der Waals surface area contributed by atoms with Crippen molar-refractivity contribution in [2.75, 3.05) is 6.54 Å². The fourth-order valence-electron chi connectivity index (χ4n) is 1.83. The van der Waals surface area contributed by atoms with Gasteiger partial charge in [0, 0.05) is 12.6 Å². The van der Waals surface area contributed by atoms with Crippen LogP contribution in [0.5, 0.6) is 0 Å². The molecule has 0 aliphatic heterocycles. The minimum absolute atomic E-state index is 0.432. The third-order valence-corrected chi connectivity index (χ3v) is 2.83. The first-order valence-electron chi connectivity index (χ1n) is 4.89. The highest BCUT2D eigenvalue weighted by molar-refractivity contribution is 5.79. The van der Waals surface area contributed by atoms with Gasteiger partial charge in [0.2, 0.25) is 5.91 Å². The minimum Gasteiger partial charge on any atom is -0.368 e. The molecule has 1 amide bonds. The highest BCUT2D eigenvalue weighted by atomic mass is 16.1. The monoisotopic (exact) mass is 185 g/mol. The summed E-state index contributed by atoms with van der Waals surface area (Å²) in [6.45, 7) is 2.73. The van der Waals surface area contributed by atoms with Gasteiger partial charge in [-0.2, -0.15) is 0 Å². The second-order valence-corrected chi connectivity index (χ2v) is 3.93. The topological polar surface area (TPSA) is 81.1 Å². The minimum atomic E-state index is -0.548. The quantitative estimate of drug-likeness (QED) is 0.556. The van der Waals surface area contributed by atoms with E-state index in [2.05, 4.69) is 12.2 Å². The van der Waals surface area contributed by atoms with Gasteiger partial charge >= 0.3 is 0 Å². The van der Waals surface area contributed by atoms with Crippen LogP contribution in [-0.4, -0.2) is 24.5 Å². The molecule has 0 aromatic heterocycles. The average molecular weight is 185 g/mol. The van der Waals surface area contributed by atoms with Gasteiger partial charge in [-0.05, 0) is 18.8 Å². The smallest absolute Gasteiger partial charge is 0.235 e. The third-order valence-electron chi connectivity index (χ3n) is 2.83. The zero-order valence-corrected chi connectivity index (χ0v) is 8.12. The van der Waals surface area contributed by atoms with E-state index in [-0.39, 0.29) is 0 Å². The molecule has 1 aliphatic rings. The van der Waals surface area contributed by atoms with Gasteiger partial charge in [-0.1, -0.05) is 13.3 Å². The Bertz CT molecular complexity index is 184. The van der Waals surface area contributed by atoms with Crippen molar-refractivity contribution in [1.29, 1.82) is 0 Å². The summed E-state index contributed by atoms with van der Waals surface area (Å²) in [5.41, 5.74) is 10.6. The van der Waals surface area contributed by atoms with Crippen LogP contribution in [-0.2, 0) is 4.79 Å². The van der Waals surface area contributed by atoms with Crippen LogP contribution in [0.1, 0.15) is 26.2 Å². The van der Waals surface area contributed by atoms with Gasteiger partial charge in [-0.15, -0.1) is 0 Å². The molecular formula is C9H19N3O. The predicted octanol–water partition coefficient (Wildman–Crippen LogP) is -0.423. The SMILES string of the molecule is CC1CCCC1NCC(N)C(N)=O. The molecule has 0 heterocycles. The van der Waals surface area contributed by atoms with Crippen molar-refractivity contribution >= 4 is 5.91 Å². The molecular weight excluding hydrogens is 166 g/mol. The molecule has 3 unspecified atom stereocenters. The summed E-state index contributed by atoms with van der Waals surface area (Å²) >= 11 is 0. The lowest BCUT2D eigenvalue weighted by Crippen LogP contribution is -2.47. The Kier molecular flexibility index (Phi) is 3.69. The van der Waals surface area contributed by atoms with Crippen molar-refractivity contribution in [3.63, 3.8) is 0 Å². The maximum absolute atomic E-state index is 10.6. The summed E-state index contributed by atoms with van der Waals surface area (Å²) in [5, 5.41) is 3.29. The van der Waals surface area contributed by atoms with E-state index in [1.54, 1.807) is 0 Å². The lowest BCUT2D eigenvalue weighted by molar-refractivity contribution is -0.119. The summed E-state index contributed by atoms with van der Waals surface area (Å²) in [4.78, 5) is 10.6. The number of amides is 1. The predicted molar refractivity (Wildman–Crippen MR) is 52.0 cm³/mol. The average Bonchev–Trinajstić information content (AvgIpc) is 2.47. The molecule has 1 rings (SSSR count). The van der Waals surface area contributed by atoms with Crippen LogP contribution in [0, 0.1) is 5.92 Å². The second kappa shape index (κ2) is 4.58. The number of hydrogen-bond acceptors (Lipinski definition) is 3. The maximum Gasteiger partial charge on any atom is 0.235 e. The van der Waals surface area contributed by atoms with E-state index < -0.39 is 11.9 Å². The van der Waals surface area contributed by atoms with Gasteiger partial charge in [-0.3, -0.25) is 4.79 Å². The molecule has 0 aromatic rings. The van der Waals surface area contributed by atoms with Gasteiger partial charge in [0.1, 0.15) is 0 Å². The van der Waals surface area contributed by atoms with Crippen LogP contribution >= 0.6 is 0 Å². The number of nitrogens with one attached hydrogen (secondary N) is 1. The zero-order valence-electron chi connectivity index (χ0n) is 8.12. The van der Waals surface area contributed by atoms with Crippen molar-refractivity contribution in [2.24, 2.45) is 17.4 Å². The Morgan fingerprint density at radius 3 is 2.77 bits per heavy atom. The van der Waals surface area contributed by atoms with Crippen molar-refractivity contribution in [3.8, 4) is 0 Å². The largest absolute Gasteiger partial charge is 0.368 e. The molecule has 0 bridgehead atoms. The molecule has 0 spiro atoms. The van der Waals surface area contributed by atoms with Crippen LogP contribution < -0.4 is 16.8 Å². The molecule has 5 N–H and O–H groups in total. The van der Waals surface area contributed by atoms with E-state index >= 15 is 0 Å². The molecule has 4 nitrogen and oxygen atoms in total. The van der Waals surface area contributed by atoms with Crippen molar-refractivity contribution < 1.29 is 4.79 Å². The van der Waals surface area contributed by atoms with E-state index in [1.807, 2.05) is 0 Å². The van der Waals surface area contributed by atoms with Crippen LogP contribution in [0.4, 0.5) is 0 Å². The van der Waals surface area contributed by atoms with E-state index in [0.717, 1.165) is 0 Å². The fourth-order valence-corrected chi connectivity index (χ4v) is 1.83. The summed E-state index contributed by atoms with van der Waals surface area (Å²) in [5.74, 6) is 0.262. The number of rotatable bonds is 4. The zero-order chi connectivity index (χ0) is 9.84. The van der Waals surface area contributed by atoms with Crippen molar-refractivity contribution in [2.45, 2.75) is 38.3 Å². The van der Waals surface area contributed by atoms with Crippen LogP contribution in [0.2, 0.25) is 0 Å². The molecule has 1 aliphatic carbocycles. The molecule has 13 heavy (non-hydrogen) atoms. The van der Waals surface area contributed by atoms with E-state index in [1.165, 1.54) is 19.3 Å². The van der Waals surface area contributed by atoms with Gasteiger partial charge in [0.25, 0.3) is 0 Å². The normalized spacial score (nSPS) is 30.3. The van der Waals surface area contributed by atoms with E-state index in [0.29, 0.717) is 18.5 Å². The molecule has 1 saturated carbocycles. The fraction of sp³-hybridized carbons (Fsp3) is 0.889. The first-order valence-corrected chi connectivity index (χ1v) is 4.89. The third kappa shape index (κ3) is 2.97. The number of carbonyl (C=O) groups is 1. The highest BCUT2D eigenvalue weighted by Crippen LogP contribution is 2.24. The Morgan fingerprint density at radius 1 is 1.62 bits per heavy atom. The van der Waals surface area contributed by atoms with Crippen LogP contribution in [0.25, 0.3) is 0 Å². The Balaban J connectivity index is 2.22. The molecule has 0 saturated heterocycles. The molecule has 0 aromatic carbocycles. The molecule has 0 radical (unpaired) electrons. The van der Waals surface area contributed by atoms with E-state index in [4.69, 9.17) is 11.5 Å². The van der Waals surface area contributed by atoms with Crippen molar-refractivity contribution in [3.05, 3.63) is 0 Å². The van der Waals surface area contributed by atoms with Gasteiger partial charge in [0.05, 0.1) is 6.04 Å². The standard InChI is InChI=1S/C9H19N3O/c1-6-3-2-4-8(6)12-5-7(10)9(11)13/h6-8,12H,2-5,10H2,1H3,(H2,11,13). The molecule has 76 valence electrons. The highest BCUT2D eigenvalue weighted by Gasteiger charge is 2.23. The first-order chi connectivity index (χ1) is 6.11. The summed E-state index contributed by atoms with van der Waals surface area (Å²) in [6.07, 6.45) is 3.72. The first kappa shape index (κ1) is 10.5. The van der Waals surface area contributed by atoms with Crippen LogP contribution in [0.15, 0.2) is 0 Å². The number of hydrogen-bond donors (Lipinski definition) is 3. The lowest BCUT2D eigenvalue weighted by atomic mass is 10.1. The van der Waals surface area contributed by atoms with E-state index in [9.17, 15) is 4.79 Å². The Hall–Kier alpha value is -0.610. The second-order valence-electron chi connectivity index (χ2n) is 3.93. The number of primary amides is 1. The molecule has 4 heteroatoms. The summed E-state index contributed by atoms with van der Waals surface area (Å²) < 4.78 is 0. The maximum atomic E-state index is 10.6. The van der Waals surface area contributed by atoms with Gasteiger partial charge in [0.15, 0.2) is 0 Å². The van der Waals surface area contributed by atoms with Gasteiger partial charge < -0.3 is 16.8 Å². The Labute approximate surface area is 79.0 Å². The lowest BCUT2D eigenvalue weighted by Gasteiger charge is -2.18. The summed E-state index contributed by atoms with van der Waals surface area (Å²) in [6, 6.07) is -0.0294. The van der Waals surface area contributed by atoms with Crippen molar-refractivity contribution in [1.82, 2.24) is 5.32 Å². The Morgan fingerprint density at radius 2 is 2.31 bits per heavy atom. The summed E-state index contributed by atoms with van der Waals surface area (Å²) in [7, 11) is 0. The molecule has 1 fully saturated rings.